The van der Waals surface area contributed by atoms with Crippen LogP contribution in [0.25, 0.3) is 0 Å². The second-order valence-electron chi connectivity index (χ2n) is 4.38. The smallest absolute Gasteiger partial charge is 0.254 e. The average molecular weight is 335 g/mol. The van der Waals surface area contributed by atoms with Gasteiger partial charge in [0.2, 0.25) is 0 Å². The Kier molecular flexibility index (Phi) is 5.26. The van der Waals surface area contributed by atoms with Gasteiger partial charge in [0.05, 0.1) is 18.2 Å². The van der Waals surface area contributed by atoms with Crippen molar-refractivity contribution in [2.45, 2.75) is 12.5 Å². The molecule has 1 heterocycles. The maximum atomic E-state index is 12.1. The summed E-state index contributed by atoms with van der Waals surface area (Å²) in [4.78, 5) is 16.1. The van der Waals surface area contributed by atoms with Gasteiger partial charge < -0.3 is 10.4 Å². The van der Waals surface area contributed by atoms with Crippen molar-refractivity contribution in [2.75, 3.05) is 6.61 Å². The first-order valence-electron chi connectivity index (χ1n) is 6.27. The van der Waals surface area contributed by atoms with Crippen molar-refractivity contribution in [1.29, 1.82) is 0 Å². The number of hydrogen-bond acceptors (Lipinski definition) is 3. The SMILES string of the molecule is O=C(N[C@H](CO)Cc1ccccc1)c1cccnc1Br. The molecule has 2 rings (SSSR count). The third-order valence-electron chi connectivity index (χ3n) is 2.88. The van der Waals surface area contributed by atoms with E-state index < -0.39 is 0 Å². The summed E-state index contributed by atoms with van der Waals surface area (Å²) < 4.78 is 0.494. The molecule has 0 bridgehead atoms. The van der Waals surface area contributed by atoms with Crippen molar-refractivity contribution in [2.24, 2.45) is 0 Å². The first kappa shape index (κ1) is 14.7. The Balaban J connectivity index is 2.03. The van der Waals surface area contributed by atoms with E-state index in [2.05, 4.69) is 26.2 Å². The predicted octanol–water partition coefficient (Wildman–Crippen LogP) is 2.18. The minimum atomic E-state index is -0.322. The van der Waals surface area contributed by atoms with E-state index in [4.69, 9.17) is 0 Å². The number of nitrogens with one attached hydrogen (secondary N) is 1. The molecule has 0 aliphatic carbocycles. The van der Waals surface area contributed by atoms with Gasteiger partial charge in [-0.3, -0.25) is 4.79 Å². The number of rotatable bonds is 5. The van der Waals surface area contributed by atoms with Crippen LogP contribution in [0.5, 0.6) is 0 Å². The van der Waals surface area contributed by atoms with Crippen LogP contribution in [0.4, 0.5) is 0 Å². The number of carbonyl (C=O) groups excluding carboxylic acids is 1. The Hall–Kier alpha value is -1.72. The zero-order valence-corrected chi connectivity index (χ0v) is 12.4. The van der Waals surface area contributed by atoms with Crippen LogP contribution in [0.3, 0.4) is 0 Å². The van der Waals surface area contributed by atoms with Crippen molar-refractivity contribution < 1.29 is 9.90 Å². The summed E-state index contributed by atoms with van der Waals surface area (Å²) in [6.07, 6.45) is 2.19. The van der Waals surface area contributed by atoms with E-state index in [1.165, 1.54) is 0 Å². The second kappa shape index (κ2) is 7.17. The molecule has 0 saturated heterocycles. The molecule has 1 aromatic carbocycles. The molecule has 0 spiro atoms. The molecule has 1 amide bonds. The molecule has 0 unspecified atom stereocenters. The van der Waals surface area contributed by atoms with Gasteiger partial charge in [-0.2, -0.15) is 0 Å². The van der Waals surface area contributed by atoms with Crippen LogP contribution >= 0.6 is 15.9 Å². The molecule has 2 N–H and O–H groups in total. The highest BCUT2D eigenvalue weighted by Crippen LogP contribution is 2.13. The average Bonchev–Trinajstić information content (AvgIpc) is 2.48. The van der Waals surface area contributed by atoms with E-state index in [1.807, 2.05) is 30.3 Å². The summed E-state index contributed by atoms with van der Waals surface area (Å²) in [5.74, 6) is -0.250. The zero-order valence-electron chi connectivity index (χ0n) is 10.8. The van der Waals surface area contributed by atoms with Crippen LogP contribution in [-0.4, -0.2) is 28.6 Å². The molecule has 4 nitrogen and oxygen atoms in total. The van der Waals surface area contributed by atoms with Crippen molar-refractivity contribution in [3.05, 3.63) is 64.4 Å². The number of pyridine rings is 1. The molecule has 1 aromatic heterocycles. The number of aromatic nitrogens is 1. The molecule has 104 valence electrons. The van der Waals surface area contributed by atoms with Gasteiger partial charge in [-0.05, 0) is 40.0 Å². The first-order valence-corrected chi connectivity index (χ1v) is 7.06. The van der Waals surface area contributed by atoms with E-state index in [0.29, 0.717) is 16.6 Å². The standard InChI is InChI=1S/C15H15BrN2O2/c16-14-13(7-4-8-17-14)15(20)18-12(10-19)9-11-5-2-1-3-6-11/h1-8,12,19H,9-10H2,(H,18,20)/t12-/m0/s1. The van der Waals surface area contributed by atoms with Crippen LogP contribution in [0, 0.1) is 0 Å². The Bertz CT molecular complexity index is 575. The van der Waals surface area contributed by atoms with E-state index >= 15 is 0 Å². The number of halogens is 1. The Labute approximate surface area is 126 Å². The highest BCUT2D eigenvalue weighted by atomic mass is 79.9. The number of aliphatic hydroxyl groups excluding tert-OH is 1. The maximum Gasteiger partial charge on any atom is 0.254 e. The third kappa shape index (κ3) is 3.88. The Morgan fingerprint density at radius 3 is 2.65 bits per heavy atom. The molecule has 20 heavy (non-hydrogen) atoms. The lowest BCUT2D eigenvalue weighted by Crippen LogP contribution is -2.39. The molecular weight excluding hydrogens is 320 g/mol. The molecular formula is C15H15BrN2O2. The van der Waals surface area contributed by atoms with Gasteiger partial charge in [-0.15, -0.1) is 0 Å². The van der Waals surface area contributed by atoms with E-state index in [1.54, 1.807) is 18.3 Å². The first-order chi connectivity index (χ1) is 9.70. The molecule has 0 aliphatic heterocycles. The van der Waals surface area contributed by atoms with Crippen LogP contribution < -0.4 is 5.32 Å². The summed E-state index contributed by atoms with van der Waals surface area (Å²) in [7, 11) is 0. The van der Waals surface area contributed by atoms with Crippen molar-refractivity contribution >= 4 is 21.8 Å². The monoisotopic (exact) mass is 334 g/mol. The van der Waals surface area contributed by atoms with Crippen LogP contribution in [0.2, 0.25) is 0 Å². The highest BCUT2D eigenvalue weighted by Gasteiger charge is 2.15. The van der Waals surface area contributed by atoms with Crippen molar-refractivity contribution in [3.8, 4) is 0 Å². The quantitative estimate of drug-likeness (QED) is 0.824. The van der Waals surface area contributed by atoms with Gasteiger partial charge in [0, 0.05) is 6.20 Å². The van der Waals surface area contributed by atoms with Gasteiger partial charge in [0.25, 0.3) is 5.91 Å². The number of amides is 1. The molecule has 2 aromatic rings. The fourth-order valence-corrected chi connectivity index (χ4v) is 2.31. The van der Waals surface area contributed by atoms with Gasteiger partial charge in [0.15, 0.2) is 0 Å². The second-order valence-corrected chi connectivity index (χ2v) is 5.14. The summed E-state index contributed by atoms with van der Waals surface area (Å²) in [6, 6.07) is 12.8. The summed E-state index contributed by atoms with van der Waals surface area (Å²) in [6.45, 7) is -0.113. The van der Waals surface area contributed by atoms with E-state index in [9.17, 15) is 9.90 Å². The fourth-order valence-electron chi connectivity index (χ4n) is 1.88. The van der Waals surface area contributed by atoms with Crippen LogP contribution in [-0.2, 0) is 6.42 Å². The molecule has 0 aliphatic rings. The lowest BCUT2D eigenvalue weighted by Gasteiger charge is -2.16. The molecule has 0 fully saturated rings. The molecule has 5 heteroatoms. The maximum absolute atomic E-state index is 12.1. The summed E-state index contributed by atoms with van der Waals surface area (Å²) >= 11 is 3.24. The predicted molar refractivity (Wildman–Crippen MR) is 80.4 cm³/mol. The highest BCUT2D eigenvalue weighted by molar-refractivity contribution is 9.10. The number of aliphatic hydroxyl groups is 1. The lowest BCUT2D eigenvalue weighted by atomic mass is 10.1. The number of nitrogens with zero attached hydrogens (tertiary/aromatic N) is 1. The van der Waals surface area contributed by atoms with Crippen LogP contribution in [0.15, 0.2) is 53.3 Å². The summed E-state index contributed by atoms with van der Waals surface area (Å²) in [5, 5.41) is 12.2. The molecule has 0 saturated carbocycles. The third-order valence-corrected chi connectivity index (χ3v) is 3.52. The van der Waals surface area contributed by atoms with Gasteiger partial charge in [-0.1, -0.05) is 30.3 Å². The lowest BCUT2D eigenvalue weighted by molar-refractivity contribution is 0.0915. The minimum Gasteiger partial charge on any atom is -0.394 e. The van der Waals surface area contributed by atoms with Crippen LogP contribution in [0.1, 0.15) is 15.9 Å². The van der Waals surface area contributed by atoms with Crippen molar-refractivity contribution in [1.82, 2.24) is 10.3 Å². The van der Waals surface area contributed by atoms with Gasteiger partial charge in [-0.25, -0.2) is 4.98 Å². The van der Waals surface area contributed by atoms with Gasteiger partial charge in [0.1, 0.15) is 4.60 Å². The van der Waals surface area contributed by atoms with E-state index in [-0.39, 0.29) is 18.6 Å². The van der Waals surface area contributed by atoms with Gasteiger partial charge >= 0.3 is 0 Å². The number of hydrogen-bond donors (Lipinski definition) is 2. The van der Waals surface area contributed by atoms with E-state index in [0.717, 1.165) is 5.56 Å². The summed E-state index contributed by atoms with van der Waals surface area (Å²) in [5.41, 5.74) is 1.52. The van der Waals surface area contributed by atoms with Crippen molar-refractivity contribution in [3.63, 3.8) is 0 Å². The largest absolute Gasteiger partial charge is 0.394 e. The Morgan fingerprint density at radius 2 is 2.00 bits per heavy atom. The number of carbonyl (C=O) groups is 1. The zero-order chi connectivity index (χ0) is 14.4. The Morgan fingerprint density at radius 1 is 1.25 bits per heavy atom. The number of benzene rings is 1. The minimum absolute atomic E-state index is 0.113. The topological polar surface area (TPSA) is 62.2 Å². The fraction of sp³-hybridized carbons (Fsp3) is 0.200. The normalized spacial score (nSPS) is 11.9. The molecule has 0 radical (unpaired) electrons. The molecule has 1 atom stereocenters.